The largest absolute Gasteiger partial charge is 0.480 e. The van der Waals surface area contributed by atoms with Crippen LogP contribution in [0.15, 0.2) is 24.3 Å². The first kappa shape index (κ1) is 15.5. The van der Waals surface area contributed by atoms with Crippen molar-refractivity contribution in [2.45, 2.75) is 18.2 Å². The summed E-state index contributed by atoms with van der Waals surface area (Å²) in [5.41, 5.74) is 1.52. The van der Waals surface area contributed by atoms with Gasteiger partial charge in [-0.1, -0.05) is 12.1 Å². The fraction of sp³-hybridized carbons (Fsp3) is 0.385. The molecule has 0 aliphatic rings. The van der Waals surface area contributed by atoms with Gasteiger partial charge in [0.05, 0.1) is 0 Å². The molecular weight excluding hydrogens is 266 g/mol. The van der Waals surface area contributed by atoms with Gasteiger partial charge in [-0.25, -0.2) is 4.79 Å². The molecule has 0 saturated carbocycles. The predicted molar refractivity (Wildman–Crippen MR) is 74.3 cm³/mol. The minimum absolute atomic E-state index is 0.00830. The first-order chi connectivity index (χ1) is 9.08. The van der Waals surface area contributed by atoms with Gasteiger partial charge in [0.1, 0.15) is 6.04 Å². The van der Waals surface area contributed by atoms with Crippen LogP contribution in [-0.2, 0) is 10.5 Å². The van der Waals surface area contributed by atoms with Crippen molar-refractivity contribution in [1.29, 1.82) is 0 Å². The summed E-state index contributed by atoms with van der Waals surface area (Å²) in [6.07, 6.45) is 1.98. The number of carbonyl (C=O) groups excluding carboxylic acids is 1. The van der Waals surface area contributed by atoms with E-state index in [1.54, 1.807) is 23.9 Å². The molecule has 0 fully saturated rings. The lowest BCUT2D eigenvalue weighted by Gasteiger charge is -2.13. The highest BCUT2D eigenvalue weighted by Gasteiger charge is 2.19. The van der Waals surface area contributed by atoms with E-state index in [0.29, 0.717) is 5.56 Å². The number of rotatable bonds is 7. The third-order valence-electron chi connectivity index (χ3n) is 2.55. The highest BCUT2D eigenvalue weighted by atomic mass is 32.2. The molecule has 1 atom stereocenters. The molecule has 3 N–H and O–H groups in total. The molecule has 5 nitrogen and oxygen atoms in total. The van der Waals surface area contributed by atoms with Crippen LogP contribution in [0.4, 0.5) is 0 Å². The third-order valence-corrected chi connectivity index (χ3v) is 3.17. The molecule has 0 heterocycles. The van der Waals surface area contributed by atoms with Gasteiger partial charge in [-0.3, -0.25) is 4.79 Å². The molecular formula is C13H17NO4S. The number of aliphatic carboxylic acids is 1. The fourth-order valence-corrected chi connectivity index (χ4v) is 2.07. The van der Waals surface area contributed by atoms with Crippen molar-refractivity contribution in [1.82, 2.24) is 5.32 Å². The molecule has 1 aromatic carbocycles. The van der Waals surface area contributed by atoms with E-state index in [-0.39, 0.29) is 13.0 Å². The zero-order valence-corrected chi connectivity index (χ0v) is 11.4. The normalized spacial score (nSPS) is 11.9. The van der Waals surface area contributed by atoms with E-state index in [1.165, 1.54) is 0 Å². The smallest absolute Gasteiger partial charge is 0.326 e. The SMILES string of the molecule is CSCc1ccc(C(=O)N[C@H](CCO)C(=O)O)cc1. The maximum Gasteiger partial charge on any atom is 0.326 e. The number of carboxylic acids is 1. The Morgan fingerprint density at radius 1 is 1.32 bits per heavy atom. The summed E-state index contributed by atoms with van der Waals surface area (Å²) in [4.78, 5) is 22.7. The zero-order valence-electron chi connectivity index (χ0n) is 10.6. The number of carboxylic acid groups (broad SMARTS) is 1. The number of nitrogens with one attached hydrogen (secondary N) is 1. The number of benzene rings is 1. The van der Waals surface area contributed by atoms with Gasteiger partial charge in [-0.15, -0.1) is 0 Å². The van der Waals surface area contributed by atoms with Crippen LogP contribution in [0, 0.1) is 0 Å². The maximum absolute atomic E-state index is 11.8. The zero-order chi connectivity index (χ0) is 14.3. The van der Waals surface area contributed by atoms with E-state index in [4.69, 9.17) is 10.2 Å². The van der Waals surface area contributed by atoms with Gasteiger partial charge in [-0.2, -0.15) is 11.8 Å². The average Bonchev–Trinajstić information content (AvgIpc) is 2.39. The van der Waals surface area contributed by atoms with Crippen molar-refractivity contribution in [2.24, 2.45) is 0 Å². The van der Waals surface area contributed by atoms with Crippen molar-refractivity contribution in [2.75, 3.05) is 12.9 Å². The Morgan fingerprint density at radius 2 is 1.95 bits per heavy atom. The van der Waals surface area contributed by atoms with Crippen LogP contribution in [0.25, 0.3) is 0 Å². The molecule has 1 rings (SSSR count). The van der Waals surface area contributed by atoms with Gasteiger partial charge in [0.2, 0.25) is 0 Å². The second-order valence-corrected chi connectivity index (χ2v) is 4.87. The molecule has 1 aromatic rings. The van der Waals surface area contributed by atoms with Gasteiger partial charge in [0.25, 0.3) is 5.91 Å². The predicted octanol–water partition coefficient (Wildman–Crippen LogP) is 1.11. The second kappa shape index (κ2) is 7.81. The number of hydrogen-bond acceptors (Lipinski definition) is 4. The van der Waals surface area contributed by atoms with Crippen LogP contribution >= 0.6 is 11.8 Å². The van der Waals surface area contributed by atoms with Gasteiger partial charge < -0.3 is 15.5 Å². The van der Waals surface area contributed by atoms with Gasteiger partial charge >= 0.3 is 5.97 Å². The van der Waals surface area contributed by atoms with Gasteiger partial charge in [-0.05, 0) is 24.0 Å². The molecule has 0 saturated heterocycles. The molecule has 0 aromatic heterocycles. The summed E-state index contributed by atoms with van der Waals surface area (Å²) in [5, 5.41) is 20.0. The standard InChI is InChI=1S/C13H17NO4S/c1-19-8-9-2-4-10(5-3-9)12(16)14-11(6-7-15)13(17)18/h2-5,11,15H,6-8H2,1H3,(H,14,16)(H,17,18)/t11-/m1/s1. The third kappa shape index (κ3) is 4.92. The number of aliphatic hydroxyl groups is 1. The minimum Gasteiger partial charge on any atom is -0.480 e. The molecule has 6 heteroatoms. The molecule has 0 aliphatic carbocycles. The van der Waals surface area contributed by atoms with E-state index in [2.05, 4.69) is 5.32 Å². The van der Waals surface area contributed by atoms with Crippen LogP contribution in [0.3, 0.4) is 0 Å². The highest BCUT2D eigenvalue weighted by Crippen LogP contribution is 2.10. The average molecular weight is 283 g/mol. The Bertz CT molecular complexity index is 433. The van der Waals surface area contributed by atoms with Crippen molar-refractivity contribution in [3.63, 3.8) is 0 Å². The van der Waals surface area contributed by atoms with E-state index in [1.807, 2.05) is 18.4 Å². The quantitative estimate of drug-likeness (QED) is 0.698. The van der Waals surface area contributed by atoms with Crippen LogP contribution in [0.2, 0.25) is 0 Å². The molecule has 0 spiro atoms. The molecule has 0 bridgehead atoms. The molecule has 0 radical (unpaired) electrons. The Hall–Kier alpha value is -1.53. The van der Waals surface area contributed by atoms with Crippen molar-refractivity contribution >= 4 is 23.6 Å². The van der Waals surface area contributed by atoms with Crippen molar-refractivity contribution < 1.29 is 19.8 Å². The molecule has 1 amide bonds. The maximum atomic E-state index is 11.8. The molecule has 0 unspecified atom stereocenters. The van der Waals surface area contributed by atoms with E-state index in [9.17, 15) is 9.59 Å². The highest BCUT2D eigenvalue weighted by molar-refractivity contribution is 7.97. The van der Waals surface area contributed by atoms with Crippen molar-refractivity contribution in [3.05, 3.63) is 35.4 Å². The van der Waals surface area contributed by atoms with Gasteiger partial charge in [0, 0.05) is 24.3 Å². The Labute approximate surface area is 116 Å². The van der Waals surface area contributed by atoms with Crippen LogP contribution in [0.5, 0.6) is 0 Å². The lowest BCUT2D eigenvalue weighted by molar-refractivity contribution is -0.139. The summed E-state index contributed by atoms with van der Waals surface area (Å²) >= 11 is 1.68. The van der Waals surface area contributed by atoms with Crippen molar-refractivity contribution in [3.8, 4) is 0 Å². The van der Waals surface area contributed by atoms with Crippen LogP contribution in [0.1, 0.15) is 22.3 Å². The Morgan fingerprint density at radius 3 is 2.42 bits per heavy atom. The summed E-state index contributed by atoms with van der Waals surface area (Å²) in [7, 11) is 0. The molecule has 19 heavy (non-hydrogen) atoms. The number of thioether (sulfide) groups is 1. The summed E-state index contributed by atoms with van der Waals surface area (Å²) in [6.45, 7) is -0.288. The lowest BCUT2D eigenvalue weighted by Crippen LogP contribution is -2.41. The Balaban J connectivity index is 2.68. The second-order valence-electron chi connectivity index (χ2n) is 4.01. The Kier molecular flexibility index (Phi) is 6.38. The number of carbonyl (C=O) groups is 2. The fourth-order valence-electron chi connectivity index (χ4n) is 1.55. The number of hydrogen-bond donors (Lipinski definition) is 3. The lowest BCUT2D eigenvalue weighted by atomic mass is 10.1. The minimum atomic E-state index is -1.15. The summed E-state index contributed by atoms with van der Waals surface area (Å²) in [6, 6.07) is 5.95. The molecule has 104 valence electrons. The molecule has 0 aliphatic heterocycles. The van der Waals surface area contributed by atoms with E-state index >= 15 is 0 Å². The first-order valence-corrected chi connectivity index (χ1v) is 7.20. The van der Waals surface area contributed by atoms with E-state index in [0.717, 1.165) is 11.3 Å². The van der Waals surface area contributed by atoms with Gasteiger partial charge in [0.15, 0.2) is 0 Å². The topological polar surface area (TPSA) is 86.6 Å². The summed E-state index contributed by atoms with van der Waals surface area (Å²) in [5.74, 6) is -0.734. The summed E-state index contributed by atoms with van der Waals surface area (Å²) < 4.78 is 0. The van der Waals surface area contributed by atoms with E-state index < -0.39 is 17.9 Å². The first-order valence-electron chi connectivity index (χ1n) is 5.81. The monoisotopic (exact) mass is 283 g/mol. The van der Waals surface area contributed by atoms with Crippen LogP contribution in [-0.4, -0.2) is 41.0 Å². The number of aliphatic hydroxyl groups excluding tert-OH is 1. The van der Waals surface area contributed by atoms with Crippen LogP contribution < -0.4 is 5.32 Å². The number of amides is 1.